The maximum absolute atomic E-state index is 6.31. The van der Waals surface area contributed by atoms with Crippen LogP contribution in [-0.2, 0) is 12.8 Å². The number of hydrogen-bond donors (Lipinski definition) is 0. The first-order valence-corrected chi connectivity index (χ1v) is 9.84. The highest BCUT2D eigenvalue weighted by atomic mass is 35.5. The number of hydrogen-bond acceptors (Lipinski definition) is 4. The summed E-state index contributed by atoms with van der Waals surface area (Å²) in [7, 11) is 1.67. The molecule has 0 amide bonds. The predicted octanol–water partition coefficient (Wildman–Crippen LogP) is 5.12. The third kappa shape index (κ3) is 3.26. The average Bonchev–Trinajstić information content (AvgIpc) is 3.00. The summed E-state index contributed by atoms with van der Waals surface area (Å²) in [6.07, 6.45) is 2.04. The first kappa shape index (κ1) is 16.8. The molecule has 0 saturated heterocycles. The molecule has 0 N–H and O–H groups in total. The molecule has 0 aliphatic carbocycles. The molecule has 3 aromatic rings. The van der Waals surface area contributed by atoms with Crippen LogP contribution in [0.25, 0.3) is 10.2 Å². The lowest BCUT2D eigenvalue weighted by Crippen LogP contribution is -2.29. The molecule has 1 aromatic heterocycles. The van der Waals surface area contributed by atoms with Crippen LogP contribution in [0.15, 0.2) is 35.8 Å². The van der Waals surface area contributed by atoms with Gasteiger partial charge in [-0.15, -0.1) is 11.3 Å². The van der Waals surface area contributed by atoms with E-state index in [0.717, 1.165) is 37.2 Å². The number of methoxy groups -OCH3 is 1. The van der Waals surface area contributed by atoms with E-state index in [1.54, 1.807) is 18.4 Å². The second-order valence-electron chi connectivity index (χ2n) is 6.55. The summed E-state index contributed by atoms with van der Waals surface area (Å²) in [4.78, 5) is 7.01. The summed E-state index contributed by atoms with van der Waals surface area (Å²) >= 11 is 8.00. The summed E-state index contributed by atoms with van der Waals surface area (Å²) in [5, 5.41) is 0.705. The SMILES string of the molecule is COc1cc2c(cc1Cl)CCN(C(C)c1ccc3scnc3c1)CC2. The van der Waals surface area contributed by atoms with E-state index in [1.807, 2.05) is 5.51 Å². The van der Waals surface area contributed by atoms with Crippen LogP contribution < -0.4 is 4.74 Å². The summed E-state index contributed by atoms with van der Waals surface area (Å²) < 4.78 is 6.63. The van der Waals surface area contributed by atoms with Crippen molar-refractivity contribution in [1.82, 2.24) is 9.88 Å². The molecule has 0 bridgehead atoms. The van der Waals surface area contributed by atoms with Gasteiger partial charge in [0.1, 0.15) is 5.75 Å². The van der Waals surface area contributed by atoms with Crippen molar-refractivity contribution in [3.8, 4) is 5.75 Å². The maximum atomic E-state index is 6.31. The van der Waals surface area contributed by atoms with Crippen LogP contribution in [0.1, 0.15) is 29.7 Å². The Hall–Kier alpha value is -1.62. The highest BCUT2D eigenvalue weighted by Gasteiger charge is 2.21. The summed E-state index contributed by atoms with van der Waals surface area (Å²) in [6, 6.07) is 11.2. The van der Waals surface area contributed by atoms with Gasteiger partial charge in [-0.25, -0.2) is 4.98 Å². The van der Waals surface area contributed by atoms with Gasteiger partial charge in [0.05, 0.1) is 27.9 Å². The van der Waals surface area contributed by atoms with E-state index in [4.69, 9.17) is 16.3 Å². The number of thiazole rings is 1. The summed E-state index contributed by atoms with van der Waals surface area (Å²) in [6.45, 7) is 4.36. The van der Waals surface area contributed by atoms with Crippen molar-refractivity contribution in [3.63, 3.8) is 0 Å². The maximum Gasteiger partial charge on any atom is 0.137 e. The molecule has 130 valence electrons. The van der Waals surface area contributed by atoms with Crippen LogP contribution in [0.4, 0.5) is 0 Å². The first-order chi connectivity index (χ1) is 12.2. The molecule has 0 saturated carbocycles. The molecule has 1 unspecified atom stereocenters. The lowest BCUT2D eigenvalue weighted by Gasteiger charge is -2.28. The minimum Gasteiger partial charge on any atom is -0.495 e. The van der Waals surface area contributed by atoms with Crippen LogP contribution in [0, 0.1) is 0 Å². The Labute approximate surface area is 157 Å². The minimum atomic E-state index is 0.373. The largest absolute Gasteiger partial charge is 0.495 e. The Morgan fingerprint density at radius 3 is 2.68 bits per heavy atom. The Morgan fingerprint density at radius 1 is 1.16 bits per heavy atom. The molecule has 2 heterocycles. The minimum absolute atomic E-state index is 0.373. The van der Waals surface area contributed by atoms with Crippen molar-refractivity contribution in [2.24, 2.45) is 0 Å². The fourth-order valence-corrected chi connectivity index (χ4v) is 4.55. The Morgan fingerprint density at radius 2 is 1.92 bits per heavy atom. The molecule has 1 aliphatic heterocycles. The van der Waals surface area contributed by atoms with Gasteiger partial charge in [-0.1, -0.05) is 17.7 Å². The van der Waals surface area contributed by atoms with Crippen molar-refractivity contribution < 1.29 is 4.74 Å². The molecule has 1 atom stereocenters. The van der Waals surface area contributed by atoms with E-state index >= 15 is 0 Å². The zero-order valence-electron chi connectivity index (χ0n) is 14.5. The number of nitrogens with zero attached hydrogens (tertiary/aromatic N) is 2. The van der Waals surface area contributed by atoms with Gasteiger partial charge in [0, 0.05) is 19.1 Å². The van der Waals surface area contributed by atoms with Crippen molar-refractivity contribution in [2.45, 2.75) is 25.8 Å². The zero-order chi connectivity index (χ0) is 17.4. The first-order valence-electron chi connectivity index (χ1n) is 8.58. The van der Waals surface area contributed by atoms with E-state index in [1.165, 1.54) is 21.4 Å². The molecule has 4 rings (SSSR count). The van der Waals surface area contributed by atoms with Crippen molar-refractivity contribution in [3.05, 3.63) is 57.6 Å². The van der Waals surface area contributed by atoms with E-state index in [-0.39, 0.29) is 0 Å². The highest BCUT2D eigenvalue weighted by molar-refractivity contribution is 7.16. The van der Waals surface area contributed by atoms with Crippen LogP contribution in [0.5, 0.6) is 5.75 Å². The molecule has 0 spiro atoms. The van der Waals surface area contributed by atoms with Crippen molar-refractivity contribution in [2.75, 3.05) is 20.2 Å². The lowest BCUT2D eigenvalue weighted by atomic mass is 10.0. The van der Waals surface area contributed by atoms with E-state index in [2.05, 4.69) is 47.1 Å². The normalized spacial score (nSPS) is 16.4. The van der Waals surface area contributed by atoms with Gasteiger partial charge in [0.15, 0.2) is 0 Å². The molecular formula is C20H21ClN2OS. The number of benzene rings is 2. The van der Waals surface area contributed by atoms with Crippen LogP contribution in [0.3, 0.4) is 0 Å². The fraction of sp³-hybridized carbons (Fsp3) is 0.350. The van der Waals surface area contributed by atoms with Crippen LogP contribution >= 0.6 is 22.9 Å². The van der Waals surface area contributed by atoms with Gasteiger partial charge in [-0.2, -0.15) is 0 Å². The Balaban J connectivity index is 1.56. The van der Waals surface area contributed by atoms with Gasteiger partial charge < -0.3 is 4.74 Å². The molecule has 25 heavy (non-hydrogen) atoms. The predicted molar refractivity (Wildman–Crippen MR) is 105 cm³/mol. The monoisotopic (exact) mass is 372 g/mol. The standard InChI is InChI=1S/C20H21ClN2OS/c1-13(14-3-4-20-18(10-14)22-12-25-20)23-7-5-15-9-17(21)19(24-2)11-16(15)6-8-23/h3-4,9-13H,5-8H2,1-2H3. The molecule has 0 fully saturated rings. The summed E-state index contributed by atoms with van der Waals surface area (Å²) in [5.41, 5.74) is 7.05. The molecular weight excluding hydrogens is 352 g/mol. The lowest BCUT2D eigenvalue weighted by molar-refractivity contribution is 0.221. The Kier molecular flexibility index (Phi) is 4.67. The third-order valence-electron chi connectivity index (χ3n) is 5.20. The fourth-order valence-electron chi connectivity index (χ4n) is 3.63. The number of halogens is 1. The average molecular weight is 373 g/mol. The zero-order valence-corrected chi connectivity index (χ0v) is 16.0. The number of aromatic nitrogens is 1. The molecule has 2 aromatic carbocycles. The number of rotatable bonds is 3. The third-order valence-corrected chi connectivity index (χ3v) is 6.30. The second kappa shape index (κ2) is 6.94. The molecule has 3 nitrogen and oxygen atoms in total. The Bertz CT molecular complexity index is 908. The van der Waals surface area contributed by atoms with Crippen LogP contribution in [-0.4, -0.2) is 30.1 Å². The topological polar surface area (TPSA) is 25.4 Å². The number of ether oxygens (including phenoxy) is 1. The van der Waals surface area contributed by atoms with E-state index < -0.39 is 0 Å². The van der Waals surface area contributed by atoms with Gasteiger partial charge in [-0.3, -0.25) is 4.90 Å². The van der Waals surface area contributed by atoms with E-state index in [0.29, 0.717) is 11.1 Å². The highest BCUT2D eigenvalue weighted by Crippen LogP contribution is 2.32. The van der Waals surface area contributed by atoms with Gasteiger partial charge in [-0.05, 0) is 60.7 Å². The van der Waals surface area contributed by atoms with Crippen LogP contribution in [0.2, 0.25) is 5.02 Å². The molecule has 0 radical (unpaired) electrons. The van der Waals surface area contributed by atoms with Crippen molar-refractivity contribution >= 4 is 33.2 Å². The van der Waals surface area contributed by atoms with Gasteiger partial charge in [0.25, 0.3) is 0 Å². The smallest absolute Gasteiger partial charge is 0.137 e. The summed E-state index contributed by atoms with van der Waals surface area (Å²) in [5.74, 6) is 0.774. The molecule has 5 heteroatoms. The second-order valence-corrected chi connectivity index (χ2v) is 7.84. The van der Waals surface area contributed by atoms with Gasteiger partial charge in [0.2, 0.25) is 0 Å². The number of fused-ring (bicyclic) bond motifs is 2. The van der Waals surface area contributed by atoms with Crippen molar-refractivity contribution in [1.29, 1.82) is 0 Å². The quantitative estimate of drug-likeness (QED) is 0.638. The molecule has 1 aliphatic rings. The van der Waals surface area contributed by atoms with E-state index in [9.17, 15) is 0 Å². The van der Waals surface area contributed by atoms with Gasteiger partial charge >= 0.3 is 0 Å².